The molecule has 0 aromatic rings. The molecule has 19 heavy (non-hydrogen) atoms. The third-order valence-electron chi connectivity index (χ3n) is 3.46. The fourth-order valence-corrected chi connectivity index (χ4v) is 2.30. The van der Waals surface area contributed by atoms with Crippen molar-refractivity contribution < 1.29 is 9.59 Å². The van der Waals surface area contributed by atoms with Gasteiger partial charge >= 0.3 is 0 Å². The van der Waals surface area contributed by atoms with E-state index in [2.05, 4.69) is 31.4 Å². The molecule has 1 heterocycles. The molecular formula is C14H27N3O2. The highest BCUT2D eigenvalue weighted by atomic mass is 16.2. The summed E-state index contributed by atoms with van der Waals surface area (Å²) < 4.78 is 0. The van der Waals surface area contributed by atoms with Gasteiger partial charge in [0, 0.05) is 44.6 Å². The van der Waals surface area contributed by atoms with E-state index in [0.29, 0.717) is 26.1 Å². The summed E-state index contributed by atoms with van der Waals surface area (Å²) in [7, 11) is 1.66. The largest absolute Gasteiger partial charge is 0.359 e. The lowest BCUT2D eigenvalue weighted by atomic mass is 9.96. The summed E-state index contributed by atoms with van der Waals surface area (Å²) in [5.74, 6) is 0.357. The number of nitrogens with one attached hydrogen (secondary N) is 2. The Morgan fingerprint density at radius 3 is 2.26 bits per heavy atom. The van der Waals surface area contributed by atoms with Crippen molar-refractivity contribution in [2.75, 3.05) is 26.7 Å². The van der Waals surface area contributed by atoms with Crippen LogP contribution < -0.4 is 10.6 Å². The van der Waals surface area contributed by atoms with E-state index in [0.717, 1.165) is 12.8 Å². The van der Waals surface area contributed by atoms with E-state index >= 15 is 0 Å². The summed E-state index contributed by atoms with van der Waals surface area (Å²) >= 11 is 0. The molecule has 0 aliphatic carbocycles. The number of hydrogen-bond donors (Lipinski definition) is 2. The number of carbonyl (C=O) groups excluding carboxylic acids is 2. The van der Waals surface area contributed by atoms with Crippen molar-refractivity contribution in [3.8, 4) is 0 Å². The summed E-state index contributed by atoms with van der Waals surface area (Å²) in [5.41, 5.74) is 0.0481. The van der Waals surface area contributed by atoms with Crippen LogP contribution in [0.15, 0.2) is 0 Å². The van der Waals surface area contributed by atoms with Gasteiger partial charge in [0.15, 0.2) is 0 Å². The van der Waals surface area contributed by atoms with Crippen molar-refractivity contribution in [2.24, 2.45) is 5.92 Å². The maximum atomic E-state index is 12.0. The van der Waals surface area contributed by atoms with E-state index in [9.17, 15) is 9.59 Å². The van der Waals surface area contributed by atoms with Crippen LogP contribution in [0, 0.1) is 5.92 Å². The maximum absolute atomic E-state index is 12.0. The first kappa shape index (κ1) is 16.0. The van der Waals surface area contributed by atoms with Gasteiger partial charge in [-0.05, 0) is 33.6 Å². The van der Waals surface area contributed by atoms with Crippen LogP contribution in [0.3, 0.4) is 0 Å². The predicted molar refractivity (Wildman–Crippen MR) is 75.7 cm³/mol. The molecule has 0 radical (unpaired) electrons. The molecule has 0 aromatic carbocycles. The van der Waals surface area contributed by atoms with E-state index in [1.54, 1.807) is 7.05 Å². The van der Waals surface area contributed by atoms with Crippen LogP contribution in [0.25, 0.3) is 0 Å². The van der Waals surface area contributed by atoms with Gasteiger partial charge in [-0.3, -0.25) is 9.59 Å². The Morgan fingerprint density at radius 2 is 1.79 bits per heavy atom. The number of amides is 2. The summed E-state index contributed by atoms with van der Waals surface area (Å²) in [6.45, 7) is 8.38. The average molecular weight is 269 g/mol. The van der Waals surface area contributed by atoms with Gasteiger partial charge in [-0.15, -0.1) is 0 Å². The number of rotatable bonds is 4. The minimum atomic E-state index is 0.0481. The molecule has 2 amide bonds. The molecule has 1 fully saturated rings. The monoisotopic (exact) mass is 269 g/mol. The van der Waals surface area contributed by atoms with Crippen LogP contribution in [-0.2, 0) is 9.59 Å². The van der Waals surface area contributed by atoms with Crippen LogP contribution in [0.5, 0.6) is 0 Å². The molecule has 0 spiro atoms. The summed E-state index contributed by atoms with van der Waals surface area (Å²) in [4.78, 5) is 25.4. The second kappa shape index (κ2) is 6.89. The van der Waals surface area contributed by atoms with Crippen molar-refractivity contribution in [1.29, 1.82) is 0 Å². The van der Waals surface area contributed by atoms with Gasteiger partial charge in [0.25, 0.3) is 0 Å². The zero-order valence-electron chi connectivity index (χ0n) is 12.6. The Bertz CT molecular complexity index is 315. The number of carbonyl (C=O) groups is 2. The molecule has 0 saturated carbocycles. The highest BCUT2D eigenvalue weighted by Gasteiger charge is 2.26. The van der Waals surface area contributed by atoms with Gasteiger partial charge in [0.2, 0.25) is 11.8 Å². The molecule has 5 heteroatoms. The Morgan fingerprint density at radius 1 is 1.21 bits per heavy atom. The zero-order chi connectivity index (χ0) is 14.5. The molecule has 5 nitrogen and oxygen atoms in total. The SMILES string of the molecule is CNC(=O)C1CCN(C(=O)CCNC(C)(C)C)CC1. The Hall–Kier alpha value is -1.10. The molecule has 1 saturated heterocycles. The zero-order valence-corrected chi connectivity index (χ0v) is 12.6. The van der Waals surface area contributed by atoms with Gasteiger partial charge in [0.05, 0.1) is 0 Å². The molecule has 0 unspecified atom stereocenters. The molecule has 110 valence electrons. The lowest BCUT2D eigenvalue weighted by Gasteiger charge is -2.31. The van der Waals surface area contributed by atoms with E-state index in [1.165, 1.54) is 0 Å². The topological polar surface area (TPSA) is 61.4 Å². The van der Waals surface area contributed by atoms with Crippen molar-refractivity contribution in [2.45, 2.75) is 45.6 Å². The number of hydrogen-bond acceptors (Lipinski definition) is 3. The Kier molecular flexibility index (Phi) is 5.79. The molecule has 1 aliphatic heterocycles. The van der Waals surface area contributed by atoms with Crippen LogP contribution in [0.4, 0.5) is 0 Å². The van der Waals surface area contributed by atoms with E-state index in [4.69, 9.17) is 0 Å². The minimum absolute atomic E-state index is 0.0481. The molecule has 0 aromatic heterocycles. The maximum Gasteiger partial charge on any atom is 0.223 e. The summed E-state index contributed by atoms with van der Waals surface area (Å²) in [5, 5.41) is 5.99. The number of nitrogens with zero attached hydrogens (tertiary/aromatic N) is 1. The van der Waals surface area contributed by atoms with Crippen LogP contribution in [0.1, 0.15) is 40.0 Å². The molecule has 1 rings (SSSR count). The lowest BCUT2D eigenvalue weighted by Crippen LogP contribution is -2.44. The highest BCUT2D eigenvalue weighted by molar-refractivity contribution is 5.79. The first-order valence-corrected chi connectivity index (χ1v) is 7.08. The Balaban J connectivity index is 2.27. The fourth-order valence-electron chi connectivity index (χ4n) is 2.30. The van der Waals surface area contributed by atoms with Gasteiger partial charge in [-0.1, -0.05) is 0 Å². The van der Waals surface area contributed by atoms with E-state index in [-0.39, 0.29) is 23.3 Å². The first-order valence-electron chi connectivity index (χ1n) is 7.08. The highest BCUT2D eigenvalue weighted by Crippen LogP contribution is 2.17. The van der Waals surface area contributed by atoms with E-state index < -0.39 is 0 Å². The second-order valence-electron chi connectivity index (χ2n) is 6.20. The molecule has 2 N–H and O–H groups in total. The van der Waals surface area contributed by atoms with Gasteiger partial charge in [-0.25, -0.2) is 0 Å². The summed E-state index contributed by atoms with van der Waals surface area (Å²) in [6, 6.07) is 0. The van der Waals surface area contributed by atoms with Crippen molar-refractivity contribution in [3.05, 3.63) is 0 Å². The van der Waals surface area contributed by atoms with Gasteiger partial charge in [0.1, 0.15) is 0 Å². The molecule has 1 aliphatic rings. The standard InChI is InChI=1S/C14H27N3O2/c1-14(2,3)16-8-5-12(18)17-9-6-11(7-10-17)13(19)15-4/h11,16H,5-10H2,1-4H3,(H,15,19). The van der Waals surface area contributed by atoms with E-state index in [1.807, 2.05) is 4.90 Å². The molecule has 0 atom stereocenters. The molecular weight excluding hydrogens is 242 g/mol. The predicted octanol–water partition coefficient (Wildman–Crippen LogP) is 0.749. The van der Waals surface area contributed by atoms with Gasteiger partial charge < -0.3 is 15.5 Å². The quantitative estimate of drug-likeness (QED) is 0.791. The minimum Gasteiger partial charge on any atom is -0.359 e. The average Bonchev–Trinajstić information content (AvgIpc) is 2.36. The van der Waals surface area contributed by atoms with Crippen LogP contribution in [0.2, 0.25) is 0 Å². The smallest absolute Gasteiger partial charge is 0.223 e. The normalized spacial score (nSPS) is 17.4. The Labute approximate surface area is 116 Å². The second-order valence-corrected chi connectivity index (χ2v) is 6.20. The van der Waals surface area contributed by atoms with Crippen LogP contribution >= 0.6 is 0 Å². The first-order chi connectivity index (χ1) is 8.83. The van der Waals surface area contributed by atoms with Crippen molar-refractivity contribution >= 4 is 11.8 Å². The van der Waals surface area contributed by atoms with Crippen molar-refractivity contribution in [1.82, 2.24) is 15.5 Å². The van der Waals surface area contributed by atoms with Gasteiger partial charge in [-0.2, -0.15) is 0 Å². The third kappa shape index (κ3) is 5.59. The lowest BCUT2D eigenvalue weighted by molar-refractivity contribution is -0.135. The fraction of sp³-hybridized carbons (Fsp3) is 0.857. The third-order valence-corrected chi connectivity index (χ3v) is 3.46. The van der Waals surface area contributed by atoms with Crippen molar-refractivity contribution in [3.63, 3.8) is 0 Å². The van der Waals surface area contributed by atoms with Crippen LogP contribution in [-0.4, -0.2) is 48.9 Å². The summed E-state index contributed by atoms with van der Waals surface area (Å²) in [6.07, 6.45) is 2.08. The molecule has 0 bridgehead atoms. The number of likely N-dealkylation sites (tertiary alicyclic amines) is 1. The number of piperidine rings is 1.